The molecule has 0 bridgehead atoms. The molecule has 0 aliphatic carbocycles. The second kappa shape index (κ2) is 6.53. The average Bonchev–Trinajstić information content (AvgIpc) is 2.56. The van der Waals surface area contributed by atoms with E-state index in [1.165, 1.54) is 11.6 Å². The molecule has 0 aromatic heterocycles. The van der Waals surface area contributed by atoms with E-state index < -0.39 is 5.92 Å². The van der Waals surface area contributed by atoms with E-state index in [1.807, 2.05) is 31.2 Å². The number of nitrogens with zero attached hydrogens (tertiary/aromatic N) is 3. The van der Waals surface area contributed by atoms with Crippen LogP contribution in [-0.4, -0.2) is 47.6 Å². The molecule has 3 rings (SSSR count). The zero-order chi connectivity index (χ0) is 17.4. The van der Waals surface area contributed by atoms with Crippen LogP contribution in [-0.2, 0) is 10.5 Å². The number of amidine groups is 1. The van der Waals surface area contributed by atoms with Gasteiger partial charge in [0.25, 0.3) is 5.84 Å². The molecule has 3 amide bonds. The van der Waals surface area contributed by atoms with Crippen LogP contribution in [0.2, 0.25) is 5.02 Å². The Labute approximate surface area is 149 Å². The van der Waals surface area contributed by atoms with Gasteiger partial charge in [-0.15, -0.1) is 16.8 Å². The SMILES string of the molecule is CC1=C(SCc2cccc(Cl)c2)C2C(=O)N(C)C(=O)[N+](C)=C2N=C1. The summed E-state index contributed by atoms with van der Waals surface area (Å²) >= 11 is 7.62. The van der Waals surface area contributed by atoms with Crippen molar-refractivity contribution in [3.63, 3.8) is 0 Å². The normalized spacial score (nSPS) is 20.8. The number of hydrogen-bond acceptors (Lipinski definition) is 4. The molecule has 2 aliphatic heterocycles. The summed E-state index contributed by atoms with van der Waals surface area (Å²) < 4.78 is 1.44. The Hall–Kier alpha value is -1.92. The molecule has 1 unspecified atom stereocenters. The molecular weight excluding hydrogens is 346 g/mol. The first-order valence-corrected chi connectivity index (χ1v) is 8.80. The highest BCUT2D eigenvalue weighted by molar-refractivity contribution is 8.02. The van der Waals surface area contributed by atoms with Gasteiger partial charge in [-0.3, -0.25) is 4.79 Å². The number of rotatable bonds is 3. The standard InChI is InChI=1S/C17H17ClN3O2S/c1-10-8-19-15-13(16(22)21(3)17(23)20(15)2)14(10)24-9-11-5-4-6-12(18)7-11/h4-8,13H,9H2,1-3H3/q+1. The molecule has 0 fully saturated rings. The summed E-state index contributed by atoms with van der Waals surface area (Å²) in [5.41, 5.74) is 2.03. The highest BCUT2D eigenvalue weighted by Gasteiger charge is 2.47. The van der Waals surface area contributed by atoms with Crippen molar-refractivity contribution in [1.82, 2.24) is 4.90 Å². The van der Waals surface area contributed by atoms with E-state index in [9.17, 15) is 9.59 Å². The van der Waals surface area contributed by atoms with Gasteiger partial charge in [0.2, 0.25) is 0 Å². The van der Waals surface area contributed by atoms with Gasteiger partial charge in [-0.25, -0.2) is 4.79 Å². The van der Waals surface area contributed by atoms with Crippen LogP contribution in [0.1, 0.15) is 12.5 Å². The Kier molecular flexibility index (Phi) is 4.60. The third kappa shape index (κ3) is 2.91. The van der Waals surface area contributed by atoms with Gasteiger partial charge < -0.3 is 0 Å². The summed E-state index contributed by atoms with van der Waals surface area (Å²) in [5.74, 6) is 0.423. The third-order valence-corrected chi connectivity index (χ3v) is 5.66. The quantitative estimate of drug-likeness (QED) is 0.776. The third-order valence-electron chi connectivity index (χ3n) is 4.08. The maximum Gasteiger partial charge on any atom is 0.445 e. The van der Waals surface area contributed by atoms with E-state index in [2.05, 4.69) is 4.99 Å². The van der Waals surface area contributed by atoms with Gasteiger partial charge >= 0.3 is 11.9 Å². The zero-order valence-corrected chi connectivity index (χ0v) is 15.2. The molecule has 24 heavy (non-hydrogen) atoms. The predicted molar refractivity (Wildman–Crippen MR) is 96.8 cm³/mol. The van der Waals surface area contributed by atoms with Gasteiger partial charge in [-0.1, -0.05) is 23.7 Å². The number of hydrogen-bond donors (Lipinski definition) is 0. The lowest BCUT2D eigenvalue weighted by molar-refractivity contribution is -0.407. The average molecular weight is 363 g/mol. The molecule has 2 aliphatic rings. The summed E-state index contributed by atoms with van der Waals surface area (Å²) in [6.07, 6.45) is 1.72. The number of fused-ring (bicyclic) bond motifs is 1. The number of thioether (sulfide) groups is 1. The monoisotopic (exact) mass is 362 g/mol. The maximum absolute atomic E-state index is 12.7. The molecule has 0 N–H and O–H groups in total. The lowest BCUT2D eigenvalue weighted by Gasteiger charge is -2.27. The number of halogens is 1. The smallest absolute Gasteiger partial charge is 0.255 e. The minimum atomic E-state index is -0.521. The largest absolute Gasteiger partial charge is 0.445 e. The van der Waals surface area contributed by atoms with Crippen LogP contribution >= 0.6 is 23.4 Å². The van der Waals surface area contributed by atoms with Gasteiger partial charge in [0.15, 0.2) is 5.92 Å². The number of dihydropyridines is 1. The van der Waals surface area contributed by atoms with Crippen molar-refractivity contribution in [3.05, 3.63) is 45.3 Å². The lowest BCUT2D eigenvalue weighted by Crippen LogP contribution is -2.52. The number of carbonyl (C=O) groups is 2. The van der Waals surface area contributed by atoms with Crippen LogP contribution in [0.25, 0.3) is 0 Å². The second-order valence-corrected chi connectivity index (χ2v) is 7.21. The van der Waals surface area contributed by atoms with Crippen molar-refractivity contribution >= 4 is 47.4 Å². The summed E-state index contributed by atoms with van der Waals surface area (Å²) in [6.45, 7) is 1.93. The lowest BCUT2D eigenvalue weighted by atomic mass is 9.99. The molecule has 5 nitrogen and oxygen atoms in total. The van der Waals surface area contributed by atoms with E-state index in [0.29, 0.717) is 16.6 Å². The Balaban J connectivity index is 1.93. The minimum absolute atomic E-state index is 0.238. The number of allylic oxidation sites excluding steroid dienone is 1. The molecule has 1 aromatic rings. The van der Waals surface area contributed by atoms with E-state index >= 15 is 0 Å². The first-order valence-electron chi connectivity index (χ1n) is 7.44. The maximum atomic E-state index is 12.7. The van der Waals surface area contributed by atoms with Crippen molar-refractivity contribution in [2.45, 2.75) is 12.7 Å². The fourth-order valence-corrected chi connectivity index (χ4v) is 4.11. The summed E-state index contributed by atoms with van der Waals surface area (Å²) in [4.78, 5) is 31.2. The van der Waals surface area contributed by atoms with Crippen LogP contribution in [0.5, 0.6) is 0 Å². The zero-order valence-electron chi connectivity index (χ0n) is 13.6. The number of aliphatic imine (C=N–C) groups is 1. The number of urea groups is 1. The number of imide groups is 1. The van der Waals surface area contributed by atoms with Crippen molar-refractivity contribution in [2.75, 3.05) is 14.1 Å². The molecule has 7 heteroatoms. The molecule has 2 heterocycles. The number of carbonyl (C=O) groups excluding carboxylic acids is 2. The fraction of sp³-hybridized carbons (Fsp3) is 0.294. The summed E-state index contributed by atoms with van der Waals surface area (Å²) in [6, 6.07) is 7.30. The molecule has 0 saturated heterocycles. The first kappa shape index (κ1) is 16.9. The van der Waals surface area contributed by atoms with E-state index in [4.69, 9.17) is 11.6 Å². The molecular formula is C17H17ClN3O2S+. The Bertz CT molecular complexity index is 829. The minimum Gasteiger partial charge on any atom is -0.255 e. The molecule has 1 atom stereocenters. The summed E-state index contributed by atoms with van der Waals surface area (Å²) in [7, 11) is 3.15. The van der Waals surface area contributed by atoms with Gasteiger partial charge in [0, 0.05) is 15.7 Å². The van der Waals surface area contributed by atoms with Crippen LogP contribution in [0.4, 0.5) is 4.79 Å². The highest BCUT2D eigenvalue weighted by atomic mass is 35.5. The molecule has 0 saturated carbocycles. The number of amides is 3. The summed E-state index contributed by atoms with van der Waals surface area (Å²) in [5, 5.41) is 0.690. The van der Waals surface area contributed by atoms with Crippen LogP contribution < -0.4 is 0 Å². The fourth-order valence-electron chi connectivity index (χ4n) is 2.74. The van der Waals surface area contributed by atoms with Gasteiger partial charge in [0.1, 0.15) is 6.21 Å². The van der Waals surface area contributed by atoms with Crippen LogP contribution in [0.15, 0.2) is 39.7 Å². The Morgan fingerprint density at radius 1 is 1.38 bits per heavy atom. The molecule has 124 valence electrons. The van der Waals surface area contributed by atoms with E-state index in [0.717, 1.165) is 20.9 Å². The van der Waals surface area contributed by atoms with Crippen LogP contribution in [0, 0.1) is 5.92 Å². The van der Waals surface area contributed by atoms with Gasteiger partial charge in [-0.2, -0.15) is 9.48 Å². The van der Waals surface area contributed by atoms with Crippen LogP contribution in [0.3, 0.4) is 0 Å². The van der Waals surface area contributed by atoms with Crippen molar-refractivity contribution in [3.8, 4) is 0 Å². The highest BCUT2D eigenvalue weighted by Crippen LogP contribution is 2.36. The Morgan fingerprint density at radius 3 is 2.83 bits per heavy atom. The van der Waals surface area contributed by atoms with Gasteiger partial charge in [-0.05, 0) is 30.2 Å². The molecule has 0 spiro atoms. The van der Waals surface area contributed by atoms with Crippen molar-refractivity contribution < 1.29 is 14.2 Å². The first-order chi connectivity index (χ1) is 11.4. The van der Waals surface area contributed by atoms with Crippen molar-refractivity contribution in [2.24, 2.45) is 10.9 Å². The van der Waals surface area contributed by atoms with E-state index in [1.54, 1.807) is 25.0 Å². The molecule has 0 radical (unpaired) electrons. The van der Waals surface area contributed by atoms with E-state index in [-0.39, 0.29) is 11.9 Å². The number of benzene rings is 1. The van der Waals surface area contributed by atoms with Crippen molar-refractivity contribution in [1.29, 1.82) is 0 Å². The predicted octanol–water partition coefficient (Wildman–Crippen LogP) is 3.18. The molecule has 1 aromatic carbocycles. The second-order valence-electron chi connectivity index (χ2n) is 5.75. The van der Waals surface area contributed by atoms with Gasteiger partial charge in [0.05, 0.1) is 14.1 Å². The Morgan fingerprint density at radius 2 is 2.12 bits per heavy atom. The topological polar surface area (TPSA) is 52.8 Å².